The van der Waals surface area contributed by atoms with Crippen LogP contribution in [-0.4, -0.2) is 11.5 Å². The molecule has 4 nitrogen and oxygen atoms in total. The van der Waals surface area contributed by atoms with E-state index in [-0.39, 0.29) is 0 Å². The Hall–Kier alpha value is -2.54. The maximum Gasteiger partial charge on any atom is 0.250 e. The lowest BCUT2D eigenvalue weighted by Crippen LogP contribution is -2.27. The molecule has 1 aromatic carbocycles. The molecule has 3 rings (SSSR count). The van der Waals surface area contributed by atoms with Crippen LogP contribution in [0.4, 0.5) is 5.82 Å². The molecule has 0 saturated heterocycles. The summed E-state index contributed by atoms with van der Waals surface area (Å²) in [5, 5.41) is 13.0. The summed E-state index contributed by atoms with van der Waals surface area (Å²) >= 11 is 0. The van der Waals surface area contributed by atoms with Crippen LogP contribution in [0.1, 0.15) is 37.3 Å². The number of para-hydroxylation sites is 2. The van der Waals surface area contributed by atoms with E-state index in [1.54, 1.807) is 0 Å². The fourth-order valence-electron chi connectivity index (χ4n) is 2.89. The number of nitrogens with zero attached hydrogens (tertiary/aromatic N) is 2. The van der Waals surface area contributed by atoms with Crippen molar-refractivity contribution in [2.45, 2.75) is 33.1 Å². The number of fused-ring (bicyclic) bond motifs is 3. The quantitative estimate of drug-likeness (QED) is 0.557. The number of unbranched alkanes of at least 4 members (excludes halogenated alkanes) is 2. The minimum Gasteiger partial charge on any atom is -0.305 e. The highest BCUT2D eigenvalue weighted by atomic mass is 15.1. The number of H-pyrrole nitrogens is 1. The summed E-state index contributed by atoms with van der Waals surface area (Å²) < 4.78 is 2.12. The van der Waals surface area contributed by atoms with E-state index in [4.69, 9.17) is 0 Å². The zero-order valence-electron chi connectivity index (χ0n) is 13.1. The van der Waals surface area contributed by atoms with Crippen molar-refractivity contribution in [3.8, 4) is 6.07 Å². The van der Waals surface area contributed by atoms with Crippen LogP contribution in [0.25, 0.3) is 16.7 Å². The smallest absolute Gasteiger partial charge is 0.250 e. The molecule has 0 aliphatic carbocycles. The summed E-state index contributed by atoms with van der Waals surface area (Å²) in [7, 11) is 0. The largest absolute Gasteiger partial charge is 0.305 e. The first-order chi connectivity index (χ1) is 10.8. The number of aromatic amines is 1. The van der Waals surface area contributed by atoms with Gasteiger partial charge in [-0.15, -0.1) is 0 Å². The number of anilines is 1. The highest BCUT2D eigenvalue weighted by Gasteiger charge is 2.19. The Morgan fingerprint density at radius 2 is 2.09 bits per heavy atom. The Morgan fingerprint density at radius 1 is 1.27 bits per heavy atom. The number of rotatable bonds is 5. The van der Waals surface area contributed by atoms with Gasteiger partial charge in [0, 0.05) is 6.07 Å². The summed E-state index contributed by atoms with van der Waals surface area (Å²) in [5.41, 5.74) is 4.69. The predicted molar refractivity (Wildman–Crippen MR) is 88.9 cm³/mol. The van der Waals surface area contributed by atoms with Gasteiger partial charge in [0.1, 0.15) is 22.7 Å². The number of imidazole rings is 1. The molecule has 2 aromatic heterocycles. The van der Waals surface area contributed by atoms with Gasteiger partial charge in [0.15, 0.2) is 0 Å². The summed E-state index contributed by atoms with van der Waals surface area (Å²) in [5.74, 6) is 1.04. The van der Waals surface area contributed by atoms with Gasteiger partial charge < -0.3 is 5.32 Å². The zero-order valence-corrected chi connectivity index (χ0v) is 13.1. The van der Waals surface area contributed by atoms with Gasteiger partial charge in [0.25, 0.3) is 0 Å². The molecule has 112 valence electrons. The van der Waals surface area contributed by atoms with E-state index in [1.165, 1.54) is 12.8 Å². The van der Waals surface area contributed by atoms with Gasteiger partial charge in [-0.1, -0.05) is 31.9 Å². The Balaban J connectivity index is 2.16. The molecule has 0 fully saturated rings. The lowest BCUT2D eigenvalue weighted by atomic mass is 10.1. The Bertz CT molecular complexity index is 855. The van der Waals surface area contributed by atoms with E-state index in [9.17, 15) is 5.26 Å². The molecular formula is C18H21N4+. The van der Waals surface area contributed by atoms with Crippen LogP contribution in [0.5, 0.6) is 0 Å². The van der Waals surface area contributed by atoms with E-state index in [2.05, 4.69) is 39.8 Å². The van der Waals surface area contributed by atoms with Gasteiger partial charge in [-0.3, -0.25) is 4.98 Å². The van der Waals surface area contributed by atoms with Crippen molar-refractivity contribution in [3.63, 3.8) is 0 Å². The molecule has 0 aliphatic heterocycles. The number of nitrogens with one attached hydrogen (secondary N) is 2. The second kappa shape index (κ2) is 6.07. The molecule has 0 unspecified atom stereocenters. The minimum absolute atomic E-state index is 0.704. The summed E-state index contributed by atoms with van der Waals surface area (Å²) in [6.07, 6.45) is 3.59. The van der Waals surface area contributed by atoms with Crippen LogP contribution >= 0.6 is 0 Å². The molecule has 22 heavy (non-hydrogen) atoms. The molecular weight excluding hydrogens is 272 g/mol. The lowest BCUT2D eigenvalue weighted by molar-refractivity contribution is -0.465. The zero-order chi connectivity index (χ0) is 15.5. The normalized spacial score (nSPS) is 11.0. The molecule has 0 amide bonds. The van der Waals surface area contributed by atoms with Crippen molar-refractivity contribution in [1.82, 2.24) is 4.98 Å². The average Bonchev–Trinajstić information content (AvgIpc) is 2.91. The van der Waals surface area contributed by atoms with Gasteiger partial charge in [-0.05, 0) is 31.0 Å². The number of benzene rings is 1. The molecule has 0 saturated carbocycles. The van der Waals surface area contributed by atoms with Crippen molar-refractivity contribution in [2.24, 2.45) is 0 Å². The number of aromatic nitrogens is 2. The molecule has 0 bridgehead atoms. The van der Waals surface area contributed by atoms with Gasteiger partial charge in [-0.25, -0.2) is 0 Å². The third-order valence-electron chi connectivity index (χ3n) is 4.05. The first kappa shape index (κ1) is 14.4. The number of hydrogen-bond donors (Lipinski definition) is 2. The van der Waals surface area contributed by atoms with Gasteiger partial charge in [0.2, 0.25) is 11.5 Å². The molecule has 2 heterocycles. The average molecular weight is 293 g/mol. The number of hydrogen-bond acceptors (Lipinski definition) is 2. The third-order valence-corrected chi connectivity index (χ3v) is 4.05. The molecule has 0 atom stereocenters. The van der Waals surface area contributed by atoms with Crippen LogP contribution in [0.15, 0.2) is 30.3 Å². The highest BCUT2D eigenvalue weighted by Crippen LogP contribution is 2.20. The molecule has 0 radical (unpaired) electrons. The minimum atomic E-state index is 0.704. The fraction of sp³-hybridized carbons (Fsp3) is 0.333. The third kappa shape index (κ3) is 2.39. The lowest BCUT2D eigenvalue weighted by Gasteiger charge is -2.06. The van der Waals surface area contributed by atoms with Gasteiger partial charge >= 0.3 is 0 Å². The van der Waals surface area contributed by atoms with E-state index in [1.807, 2.05) is 25.1 Å². The van der Waals surface area contributed by atoms with E-state index < -0.39 is 0 Å². The second-order valence-corrected chi connectivity index (χ2v) is 5.66. The number of pyridine rings is 1. The predicted octanol–water partition coefficient (Wildman–Crippen LogP) is 3.69. The summed E-state index contributed by atoms with van der Waals surface area (Å²) in [4.78, 5) is 3.38. The van der Waals surface area contributed by atoms with Crippen LogP contribution < -0.4 is 9.72 Å². The highest BCUT2D eigenvalue weighted by molar-refractivity contribution is 5.77. The van der Waals surface area contributed by atoms with Crippen molar-refractivity contribution in [1.29, 1.82) is 5.26 Å². The van der Waals surface area contributed by atoms with Gasteiger partial charge in [0.05, 0.1) is 6.54 Å². The molecule has 4 heteroatoms. The Morgan fingerprint density at radius 3 is 2.86 bits per heavy atom. The van der Waals surface area contributed by atoms with Gasteiger partial charge in [-0.2, -0.15) is 9.66 Å². The van der Waals surface area contributed by atoms with Crippen LogP contribution in [-0.2, 0) is 0 Å². The summed E-state index contributed by atoms with van der Waals surface area (Å²) in [6, 6.07) is 12.5. The van der Waals surface area contributed by atoms with Crippen LogP contribution in [0.2, 0.25) is 0 Å². The maximum absolute atomic E-state index is 9.47. The Kier molecular flexibility index (Phi) is 3.97. The maximum atomic E-state index is 9.47. The molecule has 3 aromatic rings. The van der Waals surface area contributed by atoms with Crippen molar-refractivity contribution >= 4 is 22.5 Å². The van der Waals surface area contributed by atoms with E-state index in [0.29, 0.717) is 5.56 Å². The van der Waals surface area contributed by atoms with Crippen LogP contribution in [0.3, 0.4) is 0 Å². The van der Waals surface area contributed by atoms with Crippen LogP contribution in [0, 0.1) is 18.3 Å². The van der Waals surface area contributed by atoms with Crippen molar-refractivity contribution in [2.75, 3.05) is 11.9 Å². The van der Waals surface area contributed by atoms with E-state index >= 15 is 0 Å². The molecule has 0 spiro atoms. The number of nitriles is 1. The van der Waals surface area contributed by atoms with E-state index in [0.717, 1.165) is 41.0 Å². The standard InChI is InChI=1S/C18H20N4/c1-3-4-7-10-20-17-11-13(2)14(12-19)18-21-15-8-5-6-9-16(15)22(17)18/h5-6,8-9,11H,3-4,7,10H2,1-2H3,(H,20,21)/p+1. The number of aryl methyl sites for hydroxylation is 1. The summed E-state index contributed by atoms with van der Waals surface area (Å²) in [6.45, 7) is 5.14. The van der Waals surface area contributed by atoms with Crippen molar-refractivity contribution in [3.05, 3.63) is 41.5 Å². The Labute approximate surface area is 130 Å². The topological polar surface area (TPSA) is 55.7 Å². The molecule has 2 N–H and O–H groups in total. The first-order valence-electron chi connectivity index (χ1n) is 7.86. The fourth-order valence-corrected chi connectivity index (χ4v) is 2.89. The molecule has 0 aliphatic rings. The second-order valence-electron chi connectivity index (χ2n) is 5.66. The first-order valence-corrected chi connectivity index (χ1v) is 7.86. The SMILES string of the molecule is CCCCCNc1cc(C)c(C#N)c2[nH]c3ccccc3[n+]12. The van der Waals surface area contributed by atoms with Crippen molar-refractivity contribution < 1.29 is 4.40 Å². The monoisotopic (exact) mass is 293 g/mol.